The summed E-state index contributed by atoms with van der Waals surface area (Å²) < 4.78 is 5.74. The zero-order chi connectivity index (χ0) is 12.5. The molecule has 1 aliphatic rings. The predicted molar refractivity (Wildman–Crippen MR) is 76.1 cm³/mol. The van der Waals surface area contributed by atoms with Gasteiger partial charge < -0.3 is 9.73 Å². The van der Waals surface area contributed by atoms with E-state index in [9.17, 15) is 4.79 Å². The molecular formula is C11H6N2O2S3. The number of thioether (sulfide) groups is 1. The fraction of sp³-hybridized carbons (Fsp3) is 0. The maximum Gasteiger partial charge on any atom is 0.263 e. The first-order valence-corrected chi connectivity index (χ1v) is 7.07. The second kappa shape index (κ2) is 4.68. The van der Waals surface area contributed by atoms with Crippen molar-refractivity contribution in [2.24, 2.45) is 0 Å². The van der Waals surface area contributed by atoms with Crippen LogP contribution in [0.1, 0.15) is 5.69 Å². The topological polar surface area (TPSA) is 55.1 Å². The van der Waals surface area contributed by atoms with Crippen LogP contribution in [0.15, 0.2) is 33.1 Å². The number of rotatable bonds is 2. The highest BCUT2D eigenvalue weighted by Crippen LogP contribution is 2.28. The molecule has 1 amide bonds. The molecular weight excluding hydrogens is 288 g/mol. The summed E-state index contributed by atoms with van der Waals surface area (Å²) in [4.78, 5) is 16.4. The van der Waals surface area contributed by atoms with Crippen molar-refractivity contribution in [3.8, 4) is 10.8 Å². The van der Waals surface area contributed by atoms with Crippen molar-refractivity contribution in [3.05, 3.63) is 34.4 Å². The van der Waals surface area contributed by atoms with Crippen LogP contribution >= 0.6 is 35.3 Å². The van der Waals surface area contributed by atoms with Gasteiger partial charge in [0.2, 0.25) is 0 Å². The third kappa shape index (κ3) is 2.24. The monoisotopic (exact) mass is 294 g/mol. The predicted octanol–water partition coefficient (Wildman–Crippen LogP) is 2.89. The number of hydrogen-bond donors (Lipinski definition) is 1. The zero-order valence-electron chi connectivity index (χ0n) is 8.88. The first-order valence-electron chi connectivity index (χ1n) is 4.96. The van der Waals surface area contributed by atoms with Crippen LogP contribution in [0.5, 0.6) is 0 Å². The van der Waals surface area contributed by atoms with Gasteiger partial charge >= 0.3 is 0 Å². The summed E-state index contributed by atoms with van der Waals surface area (Å²) in [6, 6.07) is 3.66. The average Bonchev–Trinajstić information content (AvgIpc) is 3.02. The molecule has 1 saturated heterocycles. The van der Waals surface area contributed by atoms with Crippen molar-refractivity contribution < 1.29 is 9.21 Å². The summed E-state index contributed by atoms with van der Waals surface area (Å²) >= 11 is 7.63. The van der Waals surface area contributed by atoms with E-state index in [1.165, 1.54) is 23.1 Å². The van der Waals surface area contributed by atoms with E-state index >= 15 is 0 Å². The van der Waals surface area contributed by atoms with E-state index in [1.54, 1.807) is 12.3 Å². The molecule has 0 radical (unpaired) electrons. The van der Waals surface area contributed by atoms with Gasteiger partial charge in [0.15, 0.2) is 10.8 Å². The lowest BCUT2D eigenvalue weighted by molar-refractivity contribution is -0.115. The third-order valence-electron chi connectivity index (χ3n) is 2.17. The molecule has 0 spiro atoms. The molecule has 0 unspecified atom stereocenters. The molecule has 1 N–H and O–H groups in total. The van der Waals surface area contributed by atoms with Crippen molar-refractivity contribution >= 4 is 51.6 Å². The van der Waals surface area contributed by atoms with Crippen LogP contribution in [0.2, 0.25) is 0 Å². The lowest BCUT2D eigenvalue weighted by Gasteiger charge is -1.89. The lowest BCUT2D eigenvalue weighted by atomic mass is 10.4. The van der Waals surface area contributed by atoms with Gasteiger partial charge in [-0.15, -0.1) is 11.3 Å². The molecule has 1 fully saturated rings. The van der Waals surface area contributed by atoms with Crippen molar-refractivity contribution in [1.29, 1.82) is 0 Å². The van der Waals surface area contributed by atoms with E-state index in [-0.39, 0.29) is 5.91 Å². The standard InChI is InChI=1S/C11H6N2O2S3/c14-9-8(18-11(16)13-9)4-6-5-17-10(12-6)7-2-1-3-15-7/h1-5H,(H,13,14,16). The molecule has 0 aliphatic carbocycles. The number of furan rings is 1. The highest BCUT2D eigenvalue weighted by molar-refractivity contribution is 8.26. The van der Waals surface area contributed by atoms with Crippen molar-refractivity contribution in [2.75, 3.05) is 0 Å². The summed E-state index contributed by atoms with van der Waals surface area (Å²) in [5.74, 6) is 0.557. The Kier molecular flexibility index (Phi) is 3.02. The lowest BCUT2D eigenvalue weighted by Crippen LogP contribution is -2.17. The van der Waals surface area contributed by atoms with Crippen LogP contribution in [0.4, 0.5) is 0 Å². The molecule has 0 aromatic carbocycles. The Morgan fingerprint density at radius 2 is 2.39 bits per heavy atom. The molecule has 0 bridgehead atoms. The number of amides is 1. The second-order valence-electron chi connectivity index (χ2n) is 3.41. The van der Waals surface area contributed by atoms with Crippen LogP contribution in [0, 0.1) is 0 Å². The highest BCUT2D eigenvalue weighted by atomic mass is 32.2. The number of aromatic nitrogens is 1. The number of thiocarbonyl (C=S) groups is 1. The summed E-state index contributed by atoms with van der Waals surface area (Å²) in [5, 5.41) is 5.23. The van der Waals surface area contributed by atoms with E-state index in [2.05, 4.69) is 10.3 Å². The van der Waals surface area contributed by atoms with Crippen molar-refractivity contribution in [1.82, 2.24) is 10.3 Å². The number of carbonyl (C=O) groups is 1. The van der Waals surface area contributed by atoms with E-state index in [0.29, 0.717) is 9.23 Å². The van der Waals surface area contributed by atoms with Crippen LogP contribution < -0.4 is 5.32 Å². The van der Waals surface area contributed by atoms with Gasteiger partial charge in [-0.2, -0.15) is 0 Å². The van der Waals surface area contributed by atoms with Crippen LogP contribution in [-0.4, -0.2) is 15.2 Å². The van der Waals surface area contributed by atoms with Crippen molar-refractivity contribution in [3.63, 3.8) is 0 Å². The van der Waals surface area contributed by atoms with Crippen LogP contribution in [0.3, 0.4) is 0 Å². The number of hydrogen-bond acceptors (Lipinski definition) is 6. The Bertz CT molecular complexity index is 643. The number of nitrogens with one attached hydrogen (secondary N) is 1. The van der Waals surface area contributed by atoms with Crippen LogP contribution in [0.25, 0.3) is 16.8 Å². The smallest absolute Gasteiger partial charge is 0.263 e. The molecule has 4 nitrogen and oxygen atoms in total. The van der Waals surface area contributed by atoms with E-state index < -0.39 is 0 Å². The van der Waals surface area contributed by atoms with E-state index in [1.807, 2.05) is 17.5 Å². The van der Waals surface area contributed by atoms with Gasteiger partial charge in [-0.1, -0.05) is 24.0 Å². The molecule has 90 valence electrons. The fourth-order valence-corrected chi connectivity index (χ4v) is 3.19. The highest BCUT2D eigenvalue weighted by Gasteiger charge is 2.22. The third-order valence-corrected chi connectivity index (χ3v) is 4.21. The Labute approximate surface area is 116 Å². The van der Waals surface area contributed by atoms with Gasteiger partial charge in [0, 0.05) is 5.38 Å². The Morgan fingerprint density at radius 1 is 1.50 bits per heavy atom. The summed E-state index contributed by atoms with van der Waals surface area (Å²) in [6.07, 6.45) is 3.33. The fourth-order valence-electron chi connectivity index (χ4n) is 1.42. The first-order chi connectivity index (χ1) is 8.72. The van der Waals surface area contributed by atoms with Crippen LogP contribution in [-0.2, 0) is 4.79 Å². The van der Waals surface area contributed by atoms with Gasteiger partial charge in [-0.05, 0) is 18.2 Å². The van der Waals surface area contributed by atoms with Gasteiger partial charge in [-0.25, -0.2) is 4.98 Å². The molecule has 18 heavy (non-hydrogen) atoms. The second-order valence-corrected chi connectivity index (χ2v) is 5.98. The SMILES string of the molecule is O=C1NC(=S)SC1=Cc1csc(-c2ccco2)n1. The quantitative estimate of drug-likeness (QED) is 0.682. The Hall–Kier alpha value is -1.44. The maximum absolute atomic E-state index is 11.5. The average molecular weight is 294 g/mol. The molecule has 2 aromatic rings. The normalized spacial score (nSPS) is 17.4. The number of nitrogens with zero attached hydrogens (tertiary/aromatic N) is 1. The van der Waals surface area contributed by atoms with Gasteiger partial charge in [0.05, 0.1) is 16.9 Å². The maximum atomic E-state index is 11.5. The van der Waals surface area contributed by atoms with E-state index in [4.69, 9.17) is 16.6 Å². The molecule has 1 aliphatic heterocycles. The molecule has 0 saturated carbocycles. The minimum absolute atomic E-state index is 0.169. The molecule has 2 aromatic heterocycles. The van der Waals surface area contributed by atoms with E-state index in [0.717, 1.165) is 16.5 Å². The molecule has 3 heterocycles. The molecule has 7 heteroatoms. The Morgan fingerprint density at radius 3 is 3.06 bits per heavy atom. The first kappa shape index (κ1) is 11.6. The Balaban J connectivity index is 1.88. The number of thiazole rings is 1. The molecule has 3 rings (SSSR count). The molecule has 0 atom stereocenters. The summed E-state index contributed by atoms with van der Waals surface area (Å²) in [7, 11) is 0. The number of carbonyl (C=O) groups excluding carboxylic acids is 1. The van der Waals surface area contributed by atoms with Crippen molar-refractivity contribution in [2.45, 2.75) is 0 Å². The summed E-state index contributed by atoms with van der Waals surface area (Å²) in [6.45, 7) is 0. The van der Waals surface area contributed by atoms with Gasteiger partial charge in [0.1, 0.15) is 4.32 Å². The largest absolute Gasteiger partial charge is 0.462 e. The zero-order valence-corrected chi connectivity index (χ0v) is 11.3. The minimum atomic E-state index is -0.169. The van der Waals surface area contributed by atoms with Gasteiger partial charge in [0.25, 0.3) is 5.91 Å². The summed E-state index contributed by atoms with van der Waals surface area (Å²) in [5.41, 5.74) is 0.730. The minimum Gasteiger partial charge on any atom is -0.462 e. The van der Waals surface area contributed by atoms with Gasteiger partial charge in [-0.3, -0.25) is 4.79 Å².